The molecule has 1 N–H and O–H groups in total. The first kappa shape index (κ1) is 22.4. The Bertz CT molecular complexity index is 1370. The van der Waals surface area contributed by atoms with Crippen molar-refractivity contribution in [2.45, 2.75) is 17.7 Å². The molecule has 0 aliphatic carbocycles. The molecule has 9 heteroatoms. The topological polar surface area (TPSA) is 88.1 Å². The van der Waals surface area contributed by atoms with Crippen LogP contribution in [-0.2, 0) is 14.8 Å². The van der Waals surface area contributed by atoms with Crippen molar-refractivity contribution in [3.05, 3.63) is 83.4 Å². The normalized spacial score (nSPS) is 17.1. The molecule has 0 atom stereocenters. The number of amides is 1. The van der Waals surface area contributed by atoms with Gasteiger partial charge in [0.05, 0.1) is 5.69 Å². The number of carbonyl (C=O) groups is 1. The van der Waals surface area contributed by atoms with Crippen LogP contribution in [0.1, 0.15) is 18.4 Å². The first-order chi connectivity index (χ1) is 16.4. The summed E-state index contributed by atoms with van der Waals surface area (Å²) in [6, 6.07) is 21.2. The van der Waals surface area contributed by atoms with Gasteiger partial charge in [-0.2, -0.15) is 8.42 Å². The minimum Gasteiger partial charge on any atom is -0.455 e. The monoisotopic (exact) mass is 495 g/mol. The minimum atomic E-state index is -3.67. The number of anilines is 1. The molecule has 2 aliphatic heterocycles. The summed E-state index contributed by atoms with van der Waals surface area (Å²) in [5, 5.41) is 3.45. The highest BCUT2D eigenvalue weighted by Gasteiger charge is 2.34. The second-order valence-corrected chi connectivity index (χ2v) is 10.2. The van der Waals surface area contributed by atoms with E-state index in [0.717, 1.165) is 0 Å². The lowest BCUT2D eigenvalue weighted by Gasteiger charge is -2.32. The molecule has 2 heterocycles. The second-order valence-electron chi connectivity index (χ2n) is 8.19. The number of carbonyl (C=O) groups excluding carboxylic acids is 1. The summed E-state index contributed by atoms with van der Waals surface area (Å²) in [7, 11) is -3.67. The van der Waals surface area contributed by atoms with Crippen molar-refractivity contribution in [1.29, 1.82) is 0 Å². The van der Waals surface area contributed by atoms with Crippen LogP contribution in [0.3, 0.4) is 0 Å². The van der Waals surface area contributed by atoms with Crippen LogP contribution in [0.4, 0.5) is 5.69 Å². The summed E-state index contributed by atoms with van der Waals surface area (Å²) >= 11 is 6.17. The molecule has 34 heavy (non-hydrogen) atoms. The number of para-hydroxylation sites is 1. The van der Waals surface area contributed by atoms with Crippen molar-refractivity contribution in [2.75, 3.05) is 18.4 Å². The van der Waals surface area contributed by atoms with E-state index in [1.807, 2.05) is 35.2 Å². The number of piperidine rings is 1. The Kier molecular flexibility index (Phi) is 6.02. The third kappa shape index (κ3) is 4.51. The van der Waals surface area contributed by atoms with Gasteiger partial charge in [-0.05, 0) is 55.3 Å². The van der Waals surface area contributed by atoms with Crippen LogP contribution < -0.4 is 10.1 Å². The van der Waals surface area contributed by atoms with E-state index >= 15 is 0 Å². The van der Waals surface area contributed by atoms with E-state index in [0.29, 0.717) is 59.5 Å². The van der Waals surface area contributed by atoms with Gasteiger partial charge < -0.3 is 15.0 Å². The van der Waals surface area contributed by atoms with Crippen LogP contribution in [0.25, 0.3) is 0 Å². The molecule has 5 rings (SSSR count). The SMILES string of the molecule is O=C(Nc1cc(Cl)ccc1Oc1ccccc1)C1CCN(C2=NS(=O)(=O)c3ccccc32)CC1. The van der Waals surface area contributed by atoms with Crippen LogP contribution in [0.15, 0.2) is 82.1 Å². The zero-order valence-electron chi connectivity index (χ0n) is 18.1. The molecule has 3 aromatic rings. The van der Waals surface area contributed by atoms with Gasteiger partial charge in [0.2, 0.25) is 5.91 Å². The highest BCUT2D eigenvalue weighted by Crippen LogP contribution is 2.34. The van der Waals surface area contributed by atoms with E-state index in [4.69, 9.17) is 16.3 Å². The molecule has 1 amide bonds. The maximum absolute atomic E-state index is 13.1. The minimum absolute atomic E-state index is 0.124. The molecule has 174 valence electrons. The van der Waals surface area contributed by atoms with Gasteiger partial charge in [0, 0.05) is 29.6 Å². The Hall–Kier alpha value is -3.36. The number of rotatable bonds is 4. The van der Waals surface area contributed by atoms with Gasteiger partial charge in [-0.25, -0.2) is 0 Å². The molecule has 0 unspecified atom stereocenters. The fourth-order valence-corrected chi connectivity index (χ4v) is 5.61. The smallest absolute Gasteiger partial charge is 0.285 e. The lowest BCUT2D eigenvalue weighted by Crippen LogP contribution is -2.41. The van der Waals surface area contributed by atoms with E-state index in [1.54, 1.807) is 42.5 Å². The number of amidine groups is 1. The van der Waals surface area contributed by atoms with Gasteiger partial charge in [0.15, 0.2) is 11.6 Å². The predicted octanol–water partition coefficient (Wildman–Crippen LogP) is 4.93. The van der Waals surface area contributed by atoms with Crippen LogP contribution in [-0.4, -0.2) is 38.2 Å². The third-order valence-corrected chi connectivity index (χ3v) is 7.51. The Morgan fingerprint density at radius 3 is 2.47 bits per heavy atom. The third-order valence-electron chi connectivity index (χ3n) is 5.95. The van der Waals surface area contributed by atoms with Crippen molar-refractivity contribution < 1.29 is 17.9 Å². The molecule has 3 aromatic carbocycles. The largest absolute Gasteiger partial charge is 0.455 e. The molecular formula is C25H22ClN3O4S. The fourth-order valence-electron chi connectivity index (χ4n) is 4.21. The standard InChI is InChI=1S/C25H22ClN3O4S/c26-18-10-11-22(33-19-6-2-1-3-7-19)21(16-18)27-25(30)17-12-14-29(15-13-17)24-20-8-4-5-9-23(20)34(31,32)28-24/h1-11,16-17H,12-15H2,(H,27,30). The zero-order chi connectivity index (χ0) is 23.7. The van der Waals surface area contributed by atoms with Gasteiger partial charge in [-0.1, -0.05) is 41.9 Å². The Labute approximate surface area is 203 Å². The molecule has 1 fully saturated rings. The predicted molar refractivity (Wildman–Crippen MR) is 131 cm³/mol. The first-order valence-corrected chi connectivity index (χ1v) is 12.8. The van der Waals surface area contributed by atoms with Crippen molar-refractivity contribution >= 4 is 39.1 Å². The molecule has 0 aromatic heterocycles. The molecule has 0 bridgehead atoms. The van der Waals surface area contributed by atoms with E-state index < -0.39 is 10.0 Å². The quantitative estimate of drug-likeness (QED) is 0.554. The van der Waals surface area contributed by atoms with E-state index in [-0.39, 0.29) is 16.7 Å². The number of fused-ring (bicyclic) bond motifs is 1. The van der Waals surface area contributed by atoms with Crippen LogP contribution in [0.5, 0.6) is 11.5 Å². The fraction of sp³-hybridized carbons (Fsp3) is 0.200. The number of nitrogens with one attached hydrogen (secondary N) is 1. The molecule has 0 spiro atoms. The first-order valence-electron chi connectivity index (χ1n) is 10.9. The number of halogens is 1. The van der Waals surface area contributed by atoms with Gasteiger partial charge in [0.1, 0.15) is 10.6 Å². The number of hydrogen-bond donors (Lipinski definition) is 1. The van der Waals surface area contributed by atoms with Crippen LogP contribution >= 0.6 is 11.6 Å². The highest BCUT2D eigenvalue weighted by molar-refractivity contribution is 7.90. The average molecular weight is 496 g/mol. The lowest BCUT2D eigenvalue weighted by atomic mass is 9.95. The Morgan fingerprint density at radius 1 is 1.00 bits per heavy atom. The van der Waals surface area contributed by atoms with Crippen LogP contribution in [0.2, 0.25) is 5.02 Å². The van der Waals surface area contributed by atoms with E-state index in [9.17, 15) is 13.2 Å². The summed E-state index contributed by atoms with van der Waals surface area (Å²) in [6.07, 6.45) is 1.14. The highest BCUT2D eigenvalue weighted by atomic mass is 35.5. The van der Waals surface area contributed by atoms with Crippen molar-refractivity contribution in [3.8, 4) is 11.5 Å². The maximum atomic E-state index is 13.1. The average Bonchev–Trinajstić information content (AvgIpc) is 3.12. The number of likely N-dealkylation sites (tertiary alicyclic amines) is 1. The second kappa shape index (κ2) is 9.12. The molecule has 7 nitrogen and oxygen atoms in total. The molecule has 1 saturated heterocycles. The van der Waals surface area contributed by atoms with Gasteiger partial charge in [0.25, 0.3) is 10.0 Å². The number of sulfonamides is 1. The van der Waals surface area contributed by atoms with Gasteiger partial charge in [-0.15, -0.1) is 4.40 Å². The van der Waals surface area contributed by atoms with Crippen molar-refractivity contribution in [3.63, 3.8) is 0 Å². The summed E-state index contributed by atoms with van der Waals surface area (Å²) in [6.45, 7) is 1.06. The molecule has 0 saturated carbocycles. The van der Waals surface area contributed by atoms with Crippen LogP contribution in [0, 0.1) is 5.92 Å². The van der Waals surface area contributed by atoms with Crippen molar-refractivity contribution in [1.82, 2.24) is 4.90 Å². The summed E-state index contributed by atoms with van der Waals surface area (Å²) in [5.41, 5.74) is 1.12. The Balaban J connectivity index is 1.27. The zero-order valence-corrected chi connectivity index (χ0v) is 19.7. The van der Waals surface area contributed by atoms with Gasteiger partial charge >= 0.3 is 0 Å². The maximum Gasteiger partial charge on any atom is 0.285 e. The lowest BCUT2D eigenvalue weighted by molar-refractivity contribution is -0.121. The van der Waals surface area contributed by atoms with Crippen molar-refractivity contribution in [2.24, 2.45) is 10.3 Å². The van der Waals surface area contributed by atoms with E-state index in [1.165, 1.54) is 0 Å². The molecule has 2 aliphatic rings. The summed E-state index contributed by atoms with van der Waals surface area (Å²) < 4.78 is 34.7. The molecular weight excluding hydrogens is 474 g/mol. The molecule has 0 radical (unpaired) electrons. The number of hydrogen-bond acceptors (Lipinski definition) is 5. The number of ether oxygens (including phenoxy) is 1. The van der Waals surface area contributed by atoms with Gasteiger partial charge in [-0.3, -0.25) is 4.79 Å². The summed E-state index contributed by atoms with van der Waals surface area (Å²) in [4.78, 5) is 15.2. The Morgan fingerprint density at radius 2 is 1.71 bits per heavy atom. The summed E-state index contributed by atoms with van der Waals surface area (Å²) in [5.74, 6) is 1.27. The number of benzene rings is 3. The number of nitrogens with zero attached hydrogens (tertiary/aromatic N) is 2. The van der Waals surface area contributed by atoms with E-state index in [2.05, 4.69) is 9.71 Å².